The maximum atomic E-state index is 6.14. The Kier molecular flexibility index (Phi) is 3.40. The van der Waals surface area contributed by atoms with Crippen LogP contribution in [0.15, 0.2) is 6.20 Å². The Hall–Kier alpha value is -1.07. The minimum absolute atomic E-state index is 0.174. The van der Waals surface area contributed by atoms with Crippen molar-refractivity contribution < 1.29 is 4.74 Å². The zero-order valence-electron chi connectivity index (χ0n) is 10.3. The Balaban J connectivity index is 2.26. The molecule has 0 spiro atoms. The molecule has 0 radical (unpaired) electrons. The van der Waals surface area contributed by atoms with Gasteiger partial charge in [-0.25, -0.2) is 4.98 Å². The molecule has 0 unspecified atom stereocenters. The molecule has 0 saturated carbocycles. The highest BCUT2D eigenvalue weighted by Gasteiger charge is 2.29. The average Bonchev–Trinajstić information content (AvgIpc) is 2.28. The minimum atomic E-state index is -0.174. The monoisotopic (exact) mass is 256 g/mol. The molecule has 0 bridgehead atoms. The molecule has 2 heterocycles. The first-order valence-electron chi connectivity index (χ1n) is 5.61. The summed E-state index contributed by atoms with van der Waals surface area (Å²) in [7, 11) is 1.79. The van der Waals surface area contributed by atoms with Crippen LogP contribution in [0, 0.1) is 0 Å². The highest BCUT2D eigenvalue weighted by molar-refractivity contribution is 6.32. The molecule has 1 saturated heterocycles. The average molecular weight is 257 g/mol. The standard InChI is InChI=1S/C11H17ClN4O/c1-11(2)7-16(4-5-17-11)9-8(12)6-14-10(13-3)15-9/h6H,4-5,7H2,1-3H3,(H,13,14,15). The normalized spacial score (nSPS) is 19.2. The summed E-state index contributed by atoms with van der Waals surface area (Å²) in [4.78, 5) is 10.6. The number of nitrogens with zero attached hydrogens (tertiary/aromatic N) is 3. The predicted molar refractivity (Wildman–Crippen MR) is 68.8 cm³/mol. The van der Waals surface area contributed by atoms with Crippen molar-refractivity contribution in [2.45, 2.75) is 19.4 Å². The van der Waals surface area contributed by atoms with E-state index in [1.165, 1.54) is 0 Å². The third-order valence-corrected chi connectivity index (χ3v) is 2.94. The number of ether oxygens (including phenoxy) is 1. The minimum Gasteiger partial charge on any atom is -0.372 e. The van der Waals surface area contributed by atoms with Gasteiger partial charge in [-0.3, -0.25) is 0 Å². The SMILES string of the molecule is CNc1ncc(Cl)c(N2CCOC(C)(C)C2)n1. The Bertz CT molecular complexity index is 410. The quantitative estimate of drug-likeness (QED) is 0.874. The Morgan fingerprint density at radius 2 is 2.29 bits per heavy atom. The maximum absolute atomic E-state index is 6.14. The van der Waals surface area contributed by atoms with Gasteiger partial charge in [-0.2, -0.15) is 4.98 Å². The van der Waals surface area contributed by atoms with Crippen LogP contribution in [0.5, 0.6) is 0 Å². The lowest BCUT2D eigenvalue weighted by Crippen LogP contribution is -2.48. The Morgan fingerprint density at radius 3 is 2.94 bits per heavy atom. The summed E-state index contributed by atoms with van der Waals surface area (Å²) in [6, 6.07) is 0. The molecule has 0 atom stereocenters. The molecule has 94 valence electrons. The van der Waals surface area contributed by atoms with Crippen molar-refractivity contribution in [1.29, 1.82) is 0 Å². The smallest absolute Gasteiger partial charge is 0.224 e. The number of aromatic nitrogens is 2. The molecule has 1 fully saturated rings. The number of anilines is 2. The van der Waals surface area contributed by atoms with E-state index in [9.17, 15) is 0 Å². The first-order chi connectivity index (χ1) is 8.02. The fraction of sp³-hybridized carbons (Fsp3) is 0.636. The van der Waals surface area contributed by atoms with Crippen molar-refractivity contribution in [1.82, 2.24) is 9.97 Å². The first-order valence-corrected chi connectivity index (χ1v) is 5.99. The second-order valence-corrected chi connectivity index (χ2v) is 5.05. The van der Waals surface area contributed by atoms with E-state index in [1.807, 2.05) is 0 Å². The van der Waals surface area contributed by atoms with Gasteiger partial charge in [0.05, 0.1) is 18.4 Å². The lowest BCUT2D eigenvalue weighted by atomic mass is 10.1. The highest BCUT2D eigenvalue weighted by atomic mass is 35.5. The number of nitrogens with one attached hydrogen (secondary N) is 1. The zero-order chi connectivity index (χ0) is 12.5. The second-order valence-electron chi connectivity index (χ2n) is 4.64. The molecule has 0 aliphatic carbocycles. The molecule has 2 rings (SSSR count). The van der Waals surface area contributed by atoms with Gasteiger partial charge in [-0.05, 0) is 13.8 Å². The van der Waals surface area contributed by atoms with Gasteiger partial charge in [0, 0.05) is 20.1 Å². The van der Waals surface area contributed by atoms with Crippen molar-refractivity contribution in [2.24, 2.45) is 0 Å². The van der Waals surface area contributed by atoms with E-state index < -0.39 is 0 Å². The third kappa shape index (κ3) is 2.79. The van der Waals surface area contributed by atoms with Gasteiger partial charge in [0.25, 0.3) is 0 Å². The van der Waals surface area contributed by atoms with Crippen LogP contribution in [0.3, 0.4) is 0 Å². The van der Waals surface area contributed by atoms with Gasteiger partial charge >= 0.3 is 0 Å². The Labute approximate surface area is 106 Å². The van der Waals surface area contributed by atoms with Crippen LogP contribution in [0.2, 0.25) is 5.02 Å². The van der Waals surface area contributed by atoms with Gasteiger partial charge in [-0.1, -0.05) is 11.6 Å². The van der Waals surface area contributed by atoms with Crippen LogP contribution in [-0.2, 0) is 4.74 Å². The number of halogens is 1. The molecule has 1 aliphatic rings. The van der Waals surface area contributed by atoms with E-state index in [1.54, 1.807) is 13.2 Å². The van der Waals surface area contributed by atoms with E-state index in [-0.39, 0.29) is 5.60 Å². The summed E-state index contributed by atoms with van der Waals surface area (Å²) >= 11 is 6.14. The van der Waals surface area contributed by atoms with Crippen molar-refractivity contribution >= 4 is 23.4 Å². The largest absolute Gasteiger partial charge is 0.372 e. The summed E-state index contributed by atoms with van der Waals surface area (Å²) in [5, 5.41) is 3.49. The number of morpholine rings is 1. The van der Waals surface area contributed by atoms with Crippen LogP contribution in [0.25, 0.3) is 0 Å². The van der Waals surface area contributed by atoms with E-state index >= 15 is 0 Å². The van der Waals surface area contributed by atoms with Crippen LogP contribution >= 0.6 is 11.6 Å². The van der Waals surface area contributed by atoms with Crippen molar-refractivity contribution in [3.05, 3.63) is 11.2 Å². The molecule has 1 aromatic heterocycles. The lowest BCUT2D eigenvalue weighted by molar-refractivity contribution is -0.0279. The molecule has 0 aromatic carbocycles. The van der Waals surface area contributed by atoms with Crippen molar-refractivity contribution in [3.63, 3.8) is 0 Å². The van der Waals surface area contributed by atoms with E-state index in [4.69, 9.17) is 16.3 Å². The van der Waals surface area contributed by atoms with Gasteiger partial charge in [0.2, 0.25) is 5.95 Å². The molecule has 0 amide bonds. The molecule has 1 aliphatic heterocycles. The fourth-order valence-electron chi connectivity index (χ4n) is 1.90. The maximum Gasteiger partial charge on any atom is 0.224 e. The Morgan fingerprint density at radius 1 is 1.53 bits per heavy atom. The van der Waals surface area contributed by atoms with Crippen molar-refractivity contribution in [2.75, 3.05) is 37.0 Å². The molecule has 5 nitrogen and oxygen atoms in total. The molecule has 6 heteroatoms. The predicted octanol–water partition coefficient (Wildman–Crippen LogP) is 1.79. The topological polar surface area (TPSA) is 50.3 Å². The number of hydrogen-bond acceptors (Lipinski definition) is 5. The van der Waals surface area contributed by atoms with Gasteiger partial charge in [0.1, 0.15) is 5.02 Å². The van der Waals surface area contributed by atoms with E-state index in [2.05, 4.69) is 34.0 Å². The fourth-order valence-corrected chi connectivity index (χ4v) is 2.11. The summed E-state index contributed by atoms with van der Waals surface area (Å²) in [5.41, 5.74) is -0.174. The van der Waals surface area contributed by atoms with Crippen LogP contribution < -0.4 is 10.2 Å². The summed E-state index contributed by atoms with van der Waals surface area (Å²) in [5.74, 6) is 1.34. The molecule has 1 N–H and O–H groups in total. The van der Waals surface area contributed by atoms with E-state index in [0.29, 0.717) is 17.6 Å². The van der Waals surface area contributed by atoms with Gasteiger partial charge < -0.3 is 15.0 Å². The molecule has 17 heavy (non-hydrogen) atoms. The summed E-state index contributed by atoms with van der Waals surface area (Å²) < 4.78 is 5.67. The van der Waals surface area contributed by atoms with Gasteiger partial charge in [-0.15, -0.1) is 0 Å². The number of hydrogen-bond donors (Lipinski definition) is 1. The molecular weight excluding hydrogens is 240 g/mol. The first kappa shape index (κ1) is 12.4. The van der Waals surface area contributed by atoms with Crippen LogP contribution in [-0.4, -0.2) is 42.3 Å². The van der Waals surface area contributed by atoms with E-state index in [0.717, 1.165) is 18.9 Å². The zero-order valence-corrected chi connectivity index (χ0v) is 11.1. The summed E-state index contributed by atoms with van der Waals surface area (Å²) in [6.07, 6.45) is 1.62. The van der Waals surface area contributed by atoms with Crippen molar-refractivity contribution in [3.8, 4) is 0 Å². The van der Waals surface area contributed by atoms with Gasteiger partial charge in [0.15, 0.2) is 5.82 Å². The third-order valence-electron chi connectivity index (χ3n) is 2.67. The highest BCUT2D eigenvalue weighted by Crippen LogP contribution is 2.27. The summed E-state index contributed by atoms with van der Waals surface area (Å²) in [6.45, 7) is 6.37. The van der Waals surface area contributed by atoms with Crippen LogP contribution in [0.1, 0.15) is 13.8 Å². The number of rotatable bonds is 2. The second kappa shape index (κ2) is 4.66. The molecule has 1 aromatic rings. The lowest BCUT2D eigenvalue weighted by Gasteiger charge is -2.39. The van der Waals surface area contributed by atoms with Crippen LogP contribution in [0.4, 0.5) is 11.8 Å². The molecular formula is C11H17ClN4O.